The minimum Gasteiger partial charge on any atom is -0.456 e. The fourth-order valence-electron chi connectivity index (χ4n) is 3.00. The largest absolute Gasteiger partial charge is 0.456 e. The second-order valence-corrected chi connectivity index (χ2v) is 6.01. The molecule has 0 saturated carbocycles. The molecule has 0 aliphatic carbocycles. The molecule has 0 spiro atoms. The Hall–Kier alpha value is -2.91. The van der Waals surface area contributed by atoms with Gasteiger partial charge in [-0.2, -0.15) is 0 Å². The predicted octanol–water partition coefficient (Wildman–Crippen LogP) is 4.46. The molecule has 3 nitrogen and oxygen atoms in total. The van der Waals surface area contributed by atoms with Crippen molar-refractivity contribution in [1.29, 1.82) is 0 Å². The molecule has 25 heavy (non-hydrogen) atoms. The molecule has 0 aliphatic heterocycles. The van der Waals surface area contributed by atoms with Crippen LogP contribution in [-0.4, -0.2) is 9.97 Å². The number of furan rings is 1. The number of benzene rings is 2. The minimum atomic E-state index is 0.223. The van der Waals surface area contributed by atoms with Crippen LogP contribution in [0.5, 0.6) is 0 Å². The fraction of sp³-hybridized carbons (Fsp3) is 0.0476. The number of nitrogens with zero attached hydrogens (tertiary/aromatic N) is 2. The summed E-state index contributed by atoms with van der Waals surface area (Å²) in [5.74, 6) is 0. The number of halogens is 1. The molecule has 0 amide bonds. The molecule has 4 heteroatoms. The second-order valence-electron chi connectivity index (χ2n) is 5.67. The van der Waals surface area contributed by atoms with Gasteiger partial charge >= 0.3 is 0 Å². The van der Waals surface area contributed by atoms with Crippen molar-refractivity contribution >= 4 is 46.1 Å². The quantitative estimate of drug-likeness (QED) is 0.503. The average molecular weight is 347 g/mol. The Morgan fingerprint density at radius 1 is 1.08 bits per heavy atom. The summed E-state index contributed by atoms with van der Waals surface area (Å²) in [6.45, 7) is 6.18. The smallest absolute Gasteiger partial charge is 0.223 e. The molecule has 0 radical (unpaired) electrons. The maximum absolute atomic E-state index is 6.16. The van der Waals surface area contributed by atoms with Crippen LogP contribution in [0, 0.1) is 0 Å². The third-order valence-electron chi connectivity index (χ3n) is 4.12. The van der Waals surface area contributed by atoms with Gasteiger partial charge in [0, 0.05) is 21.6 Å². The van der Waals surface area contributed by atoms with Crippen LogP contribution < -0.4 is 10.6 Å². The van der Waals surface area contributed by atoms with E-state index in [1.165, 1.54) is 0 Å². The number of hydrogen-bond donors (Lipinski definition) is 0. The first-order valence-corrected chi connectivity index (χ1v) is 8.33. The van der Waals surface area contributed by atoms with Gasteiger partial charge in [-0.25, -0.2) is 9.97 Å². The van der Waals surface area contributed by atoms with E-state index in [0.717, 1.165) is 43.8 Å². The molecule has 0 bridgehead atoms. The van der Waals surface area contributed by atoms with Crippen molar-refractivity contribution in [2.75, 3.05) is 0 Å². The summed E-state index contributed by atoms with van der Waals surface area (Å²) in [7, 11) is 0. The van der Waals surface area contributed by atoms with Crippen molar-refractivity contribution in [3.05, 3.63) is 70.5 Å². The second kappa shape index (κ2) is 6.19. The normalized spacial score (nSPS) is 12.6. The molecule has 4 aromatic rings. The summed E-state index contributed by atoms with van der Waals surface area (Å²) >= 11 is 6.16. The van der Waals surface area contributed by atoms with Gasteiger partial charge in [-0.05, 0) is 36.7 Å². The van der Waals surface area contributed by atoms with E-state index in [1.807, 2.05) is 67.6 Å². The topological polar surface area (TPSA) is 38.9 Å². The van der Waals surface area contributed by atoms with Gasteiger partial charge < -0.3 is 4.42 Å². The average Bonchev–Trinajstić information content (AvgIpc) is 2.95. The highest BCUT2D eigenvalue weighted by Crippen LogP contribution is 2.31. The number of hydrogen-bond acceptors (Lipinski definition) is 3. The van der Waals surface area contributed by atoms with Gasteiger partial charge in [-0.3, -0.25) is 0 Å². The van der Waals surface area contributed by atoms with Gasteiger partial charge in [0.15, 0.2) is 0 Å². The molecule has 4 rings (SSSR count). The third-order valence-corrected chi connectivity index (χ3v) is 4.29. The van der Waals surface area contributed by atoms with E-state index in [1.54, 1.807) is 0 Å². The molecule has 0 aliphatic rings. The van der Waals surface area contributed by atoms with Crippen LogP contribution in [0.1, 0.15) is 6.92 Å². The van der Waals surface area contributed by atoms with E-state index in [4.69, 9.17) is 16.0 Å². The molecule has 122 valence electrons. The summed E-state index contributed by atoms with van der Waals surface area (Å²) in [6, 6.07) is 13.7. The van der Waals surface area contributed by atoms with Crippen molar-refractivity contribution in [2.45, 2.75) is 6.92 Å². The van der Waals surface area contributed by atoms with Crippen LogP contribution in [0.4, 0.5) is 0 Å². The van der Waals surface area contributed by atoms with E-state index in [-0.39, 0.29) is 5.28 Å². The van der Waals surface area contributed by atoms with Crippen LogP contribution in [0.25, 0.3) is 45.8 Å². The van der Waals surface area contributed by atoms with Crippen LogP contribution in [0.2, 0.25) is 5.28 Å². The van der Waals surface area contributed by atoms with Crippen molar-refractivity contribution in [3.63, 3.8) is 0 Å². The third kappa shape index (κ3) is 2.63. The molecule has 2 heterocycles. The highest BCUT2D eigenvalue weighted by atomic mass is 35.5. The van der Waals surface area contributed by atoms with Crippen molar-refractivity contribution in [2.24, 2.45) is 0 Å². The zero-order valence-electron chi connectivity index (χ0n) is 13.7. The van der Waals surface area contributed by atoms with Gasteiger partial charge in [-0.1, -0.05) is 49.1 Å². The summed E-state index contributed by atoms with van der Waals surface area (Å²) in [5.41, 5.74) is 4.04. The minimum absolute atomic E-state index is 0.223. The Bertz CT molecular complexity index is 1240. The van der Waals surface area contributed by atoms with Crippen molar-refractivity contribution in [3.8, 4) is 11.3 Å². The molecule has 0 atom stereocenters. The predicted molar refractivity (Wildman–Crippen MR) is 104 cm³/mol. The van der Waals surface area contributed by atoms with E-state index < -0.39 is 0 Å². The van der Waals surface area contributed by atoms with Crippen molar-refractivity contribution < 1.29 is 4.42 Å². The molecule has 0 unspecified atom stereocenters. The van der Waals surface area contributed by atoms with Gasteiger partial charge in [0.1, 0.15) is 11.0 Å². The molecule has 0 fully saturated rings. The SMILES string of the molecule is C=c1/c(=C\C=C/C)oc2cccc(-c3nc(Cl)nc4ccccc34)c12. The lowest BCUT2D eigenvalue weighted by atomic mass is 10.0. The zero-order chi connectivity index (χ0) is 17.4. The van der Waals surface area contributed by atoms with E-state index in [0.29, 0.717) is 0 Å². The molecule has 0 saturated heterocycles. The lowest BCUT2D eigenvalue weighted by Crippen LogP contribution is -2.17. The monoisotopic (exact) mass is 346 g/mol. The molecule has 0 N–H and O–H groups in total. The van der Waals surface area contributed by atoms with Crippen LogP contribution >= 0.6 is 11.6 Å². The highest BCUT2D eigenvalue weighted by molar-refractivity contribution is 6.29. The first kappa shape index (κ1) is 15.6. The number of rotatable bonds is 2. The van der Waals surface area contributed by atoms with Crippen LogP contribution in [0.3, 0.4) is 0 Å². The lowest BCUT2D eigenvalue weighted by Gasteiger charge is -2.07. The Kier molecular flexibility index (Phi) is 3.86. The summed E-state index contributed by atoms with van der Waals surface area (Å²) in [5, 5.41) is 2.94. The van der Waals surface area contributed by atoms with Gasteiger partial charge in [0.05, 0.1) is 11.2 Å². The Morgan fingerprint density at radius 2 is 1.92 bits per heavy atom. The summed E-state index contributed by atoms with van der Waals surface area (Å²) < 4.78 is 5.96. The number of fused-ring (bicyclic) bond motifs is 2. The first-order chi connectivity index (χ1) is 12.2. The molecular formula is C21H15ClN2O. The number of allylic oxidation sites excluding steroid dienone is 2. The summed E-state index contributed by atoms with van der Waals surface area (Å²) in [4.78, 5) is 8.80. The van der Waals surface area contributed by atoms with Gasteiger partial charge in [0.25, 0.3) is 0 Å². The maximum Gasteiger partial charge on any atom is 0.223 e. The standard InChI is InChI=1S/C21H15ClN2O/c1-3-4-11-17-13(2)19-15(9-7-12-18(19)25-17)20-14-8-5-6-10-16(14)23-21(22)24-20/h3-12H,2H2,1H3/b4-3-,17-11+. The van der Waals surface area contributed by atoms with Crippen LogP contribution in [-0.2, 0) is 0 Å². The fourth-order valence-corrected chi connectivity index (χ4v) is 3.18. The Labute approximate surface area is 149 Å². The first-order valence-electron chi connectivity index (χ1n) is 7.95. The van der Waals surface area contributed by atoms with E-state index in [2.05, 4.69) is 16.5 Å². The molecule has 2 aromatic carbocycles. The number of aromatic nitrogens is 2. The lowest BCUT2D eigenvalue weighted by molar-refractivity contribution is 0.576. The highest BCUT2D eigenvalue weighted by Gasteiger charge is 2.14. The molecular weight excluding hydrogens is 332 g/mol. The number of para-hydroxylation sites is 1. The molecule has 2 aromatic heterocycles. The Morgan fingerprint density at radius 3 is 2.76 bits per heavy atom. The van der Waals surface area contributed by atoms with Crippen molar-refractivity contribution in [1.82, 2.24) is 9.97 Å². The van der Waals surface area contributed by atoms with E-state index >= 15 is 0 Å². The maximum atomic E-state index is 6.16. The van der Waals surface area contributed by atoms with Gasteiger partial charge in [0.2, 0.25) is 5.28 Å². The summed E-state index contributed by atoms with van der Waals surface area (Å²) in [6.07, 6.45) is 5.80. The van der Waals surface area contributed by atoms with Crippen LogP contribution in [0.15, 0.2) is 59.0 Å². The Balaban J connectivity index is 2.13. The zero-order valence-corrected chi connectivity index (χ0v) is 14.4. The van der Waals surface area contributed by atoms with E-state index in [9.17, 15) is 0 Å². The van der Waals surface area contributed by atoms with Gasteiger partial charge in [-0.15, -0.1) is 0 Å².